The van der Waals surface area contributed by atoms with E-state index in [1.807, 2.05) is 18.2 Å². The summed E-state index contributed by atoms with van der Waals surface area (Å²) < 4.78 is 9.99. The van der Waals surface area contributed by atoms with Crippen molar-refractivity contribution < 1.29 is 23.9 Å². The van der Waals surface area contributed by atoms with Crippen molar-refractivity contribution in [3.8, 4) is 0 Å². The van der Waals surface area contributed by atoms with Crippen LogP contribution in [0.2, 0.25) is 0 Å². The van der Waals surface area contributed by atoms with Gasteiger partial charge in [-0.1, -0.05) is 42.5 Å². The second-order valence-corrected chi connectivity index (χ2v) is 6.04. The minimum absolute atomic E-state index is 0.0880. The van der Waals surface area contributed by atoms with E-state index in [1.165, 1.54) is 13.8 Å². The molecule has 0 radical (unpaired) electrons. The molecule has 1 aromatic rings. The Kier molecular flexibility index (Phi) is 9.29. The van der Waals surface area contributed by atoms with Crippen LogP contribution in [0.25, 0.3) is 0 Å². The van der Waals surface area contributed by atoms with Crippen molar-refractivity contribution >= 4 is 40.6 Å². The van der Waals surface area contributed by atoms with Gasteiger partial charge >= 0.3 is 11.9 Å². The highest BCUT2D eigenvalue weighted by molar-refractivity contribution is 7.80. The van der Waals surface area contributed by atoms with Gasteiger partial charge in [-0.15, -0.1) is 0 Å². The Balaban J connectivity index is 3.13. The Labute approximate surface area is 164 Å². The van der Waals surface area contributed by atoms with E-state index in [2.05, 4.69) is 10.5 Å². The van der Waals surface area contributed by atoms with Gasteiger partial charge in [-0.3, -0.25) is 19.8 Å². The number of thiocarbonyl (C=S) groups is 1. The Hall–Kier alpha value is -2.61. The van der Waals surface area contributed by atoms with Gasteiger partial charge in [0.1, 0.15) is 22.6 Å². The van der Waals surface area contributed by atoms with Crippen molar-refractivity contribution in [2.24, 2.45) is 16.9 Å². The van der Waals surface area contributed by atoms with Crippen LogP contribution < -0.4 is 5.43 Å². The number of ketones is 1. The third-order valence-corrected chi connectivity index (χ3v) is 4.00. The van der Waals surface area contributed by atoms with Crippen LogP contribution in [0.5, 0.6) is 0 Å². The average Bonchev–Trinajstić information content (AvgIpc) is 2.64. The van der Waals surface area contributed by atoms with Crippen molar-refractivity contribution in [3.63, 3.8) is 0 Å². The molecule has 0 aliphatic rings. The zero-order valence-electron chi connectivity index (χ0n) is 15.9. The number of rotatable bonds is 9. The Morgan fingerprint density at radius 1 is 1.00 bits per heavy atom. The number of ether oxygens (including phenoxy) is 2. The van der Waals surface area contributed by atoms with Crippen LogP contribution in [-0.2, 0) is 23.9 Å². The molecule has 0 saturated heterocycles. The molecule has 0 saturated carbocycles. The minimum Gasteiger partial charge on any atom is -0.465 e. The van der Waals surface area contributed by atoms with Crippen LogP contribution in [0.3, 0.4) is 0 Å². The molecule has 0 spiro atoms. The molecule has 0 aromatic heterocycles. The molecule has 0 aliphatic heterocycles. The number of esters is 2. The molecule has 1 N–H and O–H groups in total. The minimum atomic E-state index is -1.33. The molecule has 0 heterocycles. The predicted molar refractivity (Wildman–Crippen MR) is 105 cm³/mol. The smallest absolute Gasteiger partial charge is 0.317 e. The quantitative estimate of drug-likeness (QED) is 0.226. The molecule has 27 heavy (non-hydrogen) atoms. The number of nitrogens with one attached hydrogen (secondary N) is 1. The number of nitrogens with zero attached hydrogens (tertiary/aromatic N) is 1. The molecule has 7 nitrogen and oxygen atoms in total. The molecular formula is C19H24N2O5S. The first kappa shape index (κ1) is 22.4. The number of carbonyl (C=O) groups is 3. The lowest BCUT2D eigenvalue weighted by Gasteiger charge is -2.22. The summed E-state index contributed by atoms with van der Waals surface area (Å²) >= 11 is 5.26. The van der Waals surface area contributed by atoms with Crippen molar-refractivity contribution in [3.05, 3.63) is 35.9 Å². The van der Waals surface area contributed by atoms with Gasteiger partial charge in [0.25, 0.3) is 0 Å². The fourth-order valence-corrected chi connectivity index (χ4v) is 2.59. The van der Waals surface area contributed by atoms with E-state index < -0.39 is 29.6 Å². The summed E-state index contributed by atoms with van der Waals surface area (Å²) in [4.78, 5) is 37.1. The Bertz CT molecular complexity index is 718. The summed E-state index contributed by atoms with van der Waals surface area (Å²) in [5.41, 5.74) is 3.62. The van der Waals surface area contributed by atoms with Gasteiger partial charge < -0.3 is 9.47 Å². The Morgan fingerprint density at radius 2 is 1.52 bits per heavy atom. The maximum absolute atomic E-state index is 12.4. The third-order valence-electron chi connectivity index (χ3n) is 3.67. The van der Waals surface area contributed by atoms with Crippen LogP contribution in [-0.4, -0.2) is 41.6 Å². The highest BCUT2D eigenvalue weighted by Crippen LogP contribution is 2.20. The standard InChI is InChI=1S/C19H24N2O5S/c1-5-25-18(23)15(16(13(4)22)19(24)26-6-2)12(3)20-21-17(27)14-10-8-7-9-11-14/h7-11,15-16H,5-6H2,1-4H3,(H,21,27). The highest BCUT2D eigenvalue weighted by Gasteiger charge is 2.41. The molecule has 0 aliphatic carbocycles. The first-order chi connectivity index (χ1) is 12.8. The summed E-state index contributed by atoms with van der Waals surface area (Å²) in [6, 6.07) is 9.12. The zero-order chi connectivity index (χ0) is 20.4. The molecule has 146 valence electrons. The number of carbonyl (C=O) groups excluding carboxylic acids is 3. The van der Waals surface area contributed by atoms with E-state index in [9.17, 15) is 14.4 Å². The fraction of sp³-hybridized carbons (Fsp3) is 0.421. The normalized spacial score (nSPS) is 13.3. The molecule has 1 rings (SSSR count). The van der Waals surface area contributed by atoms with Crippen molar-refractivity contribution in [1.82, 2.24) is 5.43 Å². The van der Waals surface area contributed by atoms with Crippen molar-refractivity contribution in [2.75, 3.05) is 13.2 Å². The van der Waals surface area contributed by atoms with E-state index in [-0.39, 0.29) is 18.9 Å². The van der Waals surface area contributed by atoms with Crippen LogP contribution in [0, 0.1) is 11.8 Å². The lowest BCUT2D eigenvalue weighted by molar-refractivity contribution is -0.160. The van der Waals surface area contributed by atoms with Gasteiger partial charge in [-0.05, 0) is 27.7 Å². The fourth-order valence-electron chi connectivity index (χ4n) is 2.41. The van der Waals surface area contributed by atoms with E-state index in [4.69, 9.17) is 21.7 Å². The van der Waals surface area contributed by atoms with Gasteiger partial charge in [0, 0.05) is 5.56 Å². The summed E-state index contributed by atoms with van der Waals surface area (Å²) in [6.07, 6.45) is 0. The largest absolute Gasteiger partial charge is 0.465 e. The number of hydrogen-bond donors (Lipinski definition) is 1. The lowest BCUT2D eigenvalue weighted by atomic mass is 9.85. The summed E-state index contributed by atoms with van der Waals surface area (Å²) in [5.74, 6) is -4.55. The number of benzene rings is 1. The molecule has 8 heteroatoms. The molecule has 0 fully saturated rings. The topological polar surface area (TPSA) is 94.1 Å². The molecular weight excluding hydrogens is 368 g/mol. The predicted octanol–water partition coefficient (Wildman–Crippen LogP) is 2.28. The summed E-state index contributed by atoms with van der Waals surface area (Å²) in [6.45, 7) is 6.20. The second-order valence-electron chi connectivity index (χ2n) is 5.63. The molecule has 1 aromatic carbocycles. The van der Waals surface area contributed by atoms with Gasteiger partial charge in [-0.2, -0.15) is 5.10 Å². The number of hydrogen-bond acceptors (Lipinski definition) is 7. The maximum atomic E-state index is 12.4. The highest BCUT2D eigenvalue weighted by atomic mass is 32.1. The maximum Gasteiger partial charge on any atom is 0.317 e. The van der Waals surface area contributed by atoms with Gasteiger partial charge in [0.05, 0.1) is 18.9 Å². The van der Waals surface area contributed by atoms with E-state index >= 15 is 0 Å². The third kappa shape index (κ3) is 6.56. The number of hydrazone groups is 1. The van der Waals surface area contributed by atoms with Crippen molar-refractivity contribution in [2.45, 2.75) is 27.7 Å². The van der Waals surface area contributed by atoms with E-state index in [0.717, 1.165) is 5.56 Å². The van der Waals surface area contributed by atoms with E-state index in [1.54, 1.807) is 26.0 Å². The summed E-state index contributed by atoms with van der Waals surface area (Å²) in [7, 11) is 0. The summed E-state index contributed by atoms with van der Waals surface area (Å²) in [5, 5.41) is 4.11. The number of Topliss-reactive ketones (excluding diaryl/α,β-unsaturated/α-hetero) is 1. The van der Waals surface area contributed by atoms with Crippen LogP contribution in [0.4, 0.5) is 0 Å². The molecule has 0 bridgehead atoms. The molecule has 2 unspecified atom stereocenters. The van der Waals surface area contributed by atoms with Gasteiger partial charge in [-0.25, -0.2) is 0 Å². The lowest BCUT2D eigenvalue weighted by Crippen LogP contribution is -2.41. The second kappa shape index (κ2) is 11.2. The van der Waals surface area contributed by atoms with Crippen molar-refractivity contribution in [1.29, 1.82) is 0 Å². The molecule has 0 amide bonds. The first-order valence-electron chi connectivity index (χ1n) is 8.56. The van der Waals surface area contributed by atoms with Crippen LogP contribution in [0.15, 0.2) is 35.4 Å². The SMILES string of the molecule is CCOC(=O)C(C(C)=O)C(C(=O)OCC)C(C)=NNC(=S)c1ccccc1. The Morgan fingerprint density at radius 3 is 2.00 bits per heavy atom. The van der Waals surface area contributed by atoms with Crippen LogP contribution >= 0.6 is 12.2 Å². The first-order valence-corrected chi connectivity index (χ1v) is 8.97. The van der Waals surface area contributed by atoms with E-state index in [0.29, 0.717) is 4.99 Å². The van der Waals surface area contributed by atoms with Crippen LogP contribution in [0.1, 0.15) is 33.3 Å². The van der Waals surface area contributed by atoms with Gasteiger partial charge in [0.2, 0.25) is 0 Å². The zero-order valence-corrected chi connectivity index (χ0v) is 16.7. The van der Waals surface area contributed by atoms with Gasteiger partial charge in [0.15, 0.2) is 0 Å². The molecule has 2 atom stereocenters. The monoisotopic (exact) mass is 392 g/mol. The average molecular weight is 392 g/mol.